The average Bonchev–Trinajstić information content (AvgIpc) is 3.25. The number of aryl methyl sites for hydroxylation is 1. The first-order chi connectivity index (χ1) is 16.9. The number of hydrogen-bond acceptors (Lipinski definition) is 8. The van der Waals surface area contributed by atoms with Gasteiger partial charge in [-0.25, -0.2) is 4.98 Å². The molecule has 0 unspecified atom stereocenters. The number of ether oxygens (including phenoxy) is 1. The number of pyridine rings is 1. The number of benzene rings is 2. The van der Waals surface area contributed by atoms with Gasteiger partial charge in [-0.2, -0.15) is 0 Å². The summed E-state index contributed by atoms with van der Waals surface area (Å²) < 4.78 is 7.00. The van der Waals surface area contributed by atoms with E-state index < -0.39 is 5.91 Å². The van der Waals surface area contributed by atoms with E-state index in [-0.39, 0.29) is 18.0 Å². The van der Waals surface area contributed by atoms with Gasteiger partial charge in [0, 0.05) is 22.5 Å². The Labute approximate surface area is 210 Å². The molecule has 3 N–H and O–H groups in total. The average molecular weight is 507 g/mol. The summed E-state index contributed by atoms with van der Waals surface area (Å²) in [6.07, 6.45) is 1.74. The van der Waals surface area contributed by atoms with Gasteiger partial charge in [0.2, 0.25) is 5.91 Å². The third-order valence-corrected chi connectivity index (χ3v) is 6.84. The van der Waals surface area contributed by atoms with Crippen LogP contribution < -0.4 is 15.8 Å². The highest BCUT2D eigenvalue weighted by Crippen LogP contribution is 2.34. The second-order valence-corrected chi connectivity index (χ2v) is 9.50. The number of carbonyl (C=O) groups excluding carboxylic acids is 2. The highest BCUT2D eigenvalue weighted by Gasteiger charge is 2.18. The molecule has 2 aromatic heterocycles. The standard InChI is InChI=1S/C24H22N6O3S2/c1-30-14-26-29-24(30)35-21-12-11-19(34-18-9-7-17(33-2)8-10-18)22(28-21)23(32)27-16-5-3-15(4-6-16)13-20(25)31/h3-12,14H,13H2,1-2H3,(H2,25,31)(H,27,32). The number of rotatable bonds is 9. The Bertz CT molecular complexity index is 1340. The molecule has 9 nitrogen and oxygen atoms in total. The molecule has 178 valence electrons. The van der Waals surface area contributed by atoms with Crippen molar-refractivity contribution in [1.29, 1.82) is 0 Å². The third-order valence-electron chi connectivity index (χ3n) is 4.79. The first-order valence-corrected chi connectivity index (χ1v) is 12.1. The van der Waals surface area contributed by atoms with E-state index >= 15 is 0 Å². The Morgan fingerprint density at radius 2 is 1.77 bits per heavy atom. The molecule has 0 aliphatic heterocycles. The van der Waals surface area contributed by atoms with E-state index in [1.54, 1.807) is 42.3 Å². The first-order valence-electron chi connectivity index (χ1n) is 10.4. The summed E-state index contributed by atoms with van der Waals surface area (Å²) in [4.78, 5) is 30.7. The molecule has 2 aromatic carbocycles. The van der Waals surface area contributed by atoms with E-state index in [2.05, 4.69) is 20.5 Å². The summed E-state index contributed by atoms with van der Waals surface area (Å²) in [5.41, 5.74) is 6.88. The molecule has 11 heteroatoms. The molecule has 0 spiro atoms. The largest absolute Gasteiger partial charge is 0.497 e. The van der Waals surface area contributed by atoms with Crippen LogP contribution in [-0.4, -0.2) is 38.7 Å². The van der Waals surface area contributed by atoms with Crippen LogP contribution in [0, 0.1) is 0 Å². The lowest BCUT2D eigenvalue weighted by atomic mass is 10.1. The van der Waals surface area contributed by atoms with Crippen LogP contribution in [0.3, 0.4) is 0 Å². The van der Waals surface area contributed by atoms with Gasteiger partial charge < -0.3 is 20.4 Å². The smallest absolute Gasteiger partial charge is 0.275 e. The zero-order valence-electron chi connectivity index (χ0n) is 19.0. The van der Waals surface area contributed by atoms with Crippen molar-refractivity contribution >= 4 is 41.0 Å². The third kappa shape index (κ3) is 6.40. The Kier molecular flexibility index (Phi) is 7.68. The molecule has 0 aliphatic rings. The maximum Gasteiger partial charge on any atom is 0.275 e. The lowest BCUT2D eigenvalue weighted by Gasteiger charge is -2.12. The number of hydrogen-bond donors (Lipinski definition) is 2. The highest BCUT2D eigenvalue weighted by molar-refractivity contribution is 7.99. The van der Waals surface area contributed by atoms with Crippen molar-refractivity contribution in [2.24, 2.45) is 12.8 Å². The van der Waals surface area contributed by atoms with Gasteiger partial charge in [-0.15, -0.1) is 10.2 Å². The van der Waals surface area contributed by atoms with Crippen molar-refractivity contribution in [2.75, 3.05) is 12.4 Å². The summed E-state index contributed by atoms with van der Waals surface area (Å²) in [6.45, 7) is 0. The maximum atomic E-state index is 13.3. The van der Waals surface area contributed by atoms with Crippen LogP contribution in [0.2, 0.25) is 0 Å². The van der Waals surface area contributed by atoms with Crippen molar-refractivity contribution in [1.82, 2.24) is 19.7 Å². The predicted molar refractivity (Wildman–Crippen MR) is 134 cm³/mol. The topological polar surface area (TPSA) is 125 Å². The van der Waals surface area contributed by atoms with Crippen molar-refractivity contribution in [3.05, 3.63) is 78.2 Å². The van der Waals surface area contributed by atoms with E-state index in [1.165, 1.54) is 23.5 Å². The van der Waals surface area contributed by atoms with Crippen molar-refractivity contribution in [2.45, 2.75) is 26.4 Å². The maximum absolute atomic E-state index is 13.3. The minimum atomic E-state index is -0.414. The van der Waals surface area contributed by atoms with E-state index in [0.29, 0.717) is 20.8 Å². The molecule has 0 fully saturated rings. The van der Waals surface area contributed by atoms with Crippen LogP contribution in [0.5, 0.6) is 5.75 Å². The highest BCUT2D eigenvalue weighted by atomic mass is 32.2. The van der Waals surface area contributed by atoms with Gasteiger partial charge in [-0.05, 0) is 65.9 Å². The van der Waals surface area contributed by atoms with Crippen molar-refractivity contribution in [3.8, 4) is 5.75 Å². The number of nitrogens with one attached hydrogen (secondary N) is 1. The Morgan fingerprint density at radius 1 is 1.03 bits per heavy atom. The Hall–Kier alpha value is -3.83. The lowest BCUT2D eigenvalue weighted by molar-refractivity contribution is -0.117. The second kappa shape index (κ2) is 11.1. The fourth-order valence-electron chi connectivity index (χ4n) is 3.06. The summed E-state index contributed by atoms with van der Waals surface area (Å²) in [5.74, 6) is -0.0202. The zero-order valence-corrected chi connectivity index (χ0v) is 20.6. The van der Waals surface area contributed by atoms with E-state index in [4.69, 9.17) is 10.5 Å². The number of anilines is 1. The molecule has 4 rings (SSSR count). The monoisotopic (exact) mass is 506 g/mol. The molecular formula is C24H22N6O3S2. The van der Waals surface area contributed by atoms with Crippen molar-refractivity contribution in [3.63, 3.8) is 0 Å². The van der Waals surface area contributed by atoms with Crippen LogP contribution >= 0.6 is 23.5 Å². The number of nitrogens with zero attached hydrogens (tertiary/aromatic N) is 4. The van der Waals surface area contributed by atoms with Crippen LogP contribution in [0.4, 0.5) is 5.69 Å². The Morgan fingerprint density at radius 3 is 2.40 bits per heavy atom. The molecule has 0 saturated carbocycles. The van der Waals surface area contributed by atoms with Crippen LogP contribution in [0.25, 0.3) is 0 Å². The van der Waals surface area contributed by atoms with Crippen LogP contribution in [0.15, 0.2) is 87.0 Å². The van der Waals surface area contributed by atoms with Crippen LogP contribution in [-0.2, 0) is 18.3 Å². The molecule has 0 saturated heterocycles. The van der Waals surface area contributed by atoms with Gasteiger partial charge in [0.1, 0.15) is 22.8 Å². The van der Waals surface area contributed by atoms with Gasteiger partial charge in [-0.1, -0.05) is 23.9 Å². The molecule has 2 heterocycles. The lowest BCUT2D eigenvalue weighted by Crippen LogP contribution is -2.16. The predicted octanol–water partition coefficient (Wildman–Crippen LogP) is 3.80. The normalized spacial score (nSPS) is 10.7. The van der Waals surface area contributed by atoms with Crippen LogP contribution in [0.1, 0.15) is 16.1 Å². The number of carbonyl (C=O) groups is 2. The fraction of sp³-hybridized carbons (Fsp3) is 0.125. The number of primary amides is 1. The summed E-state index contributed by atoms with van der Waals surface area (Å²) >= 11 is 2.74. The molecule has 0 radical (unpaired) electrons. The molecule has 4 aromatic rings. The number of aromatic nitrogens is 4. The zero-order chi connectivity index (χ0) is 24.8. The number of methoxy groups -OCH3 is 1. The van der Waals surface area contributed by atoms with Gasteiger partial charge in [0.25, 0.3) is 5.91 Å². The van der Waals surface area contributed by atoms with Gasteiger partial charge in [0.15, 0.2) is 5.16 Å². The number of amides is 2. The molecule has 0 atom stereocenters. The molecule has 2 amide bonds. The molecular weight excluding hydrogens is 484 g/mol. The molecule has 0 bridgehead atoms. The SMILES string of the molecule is COc1ccc(Sc2ccc(Sc3nncn3C)nc2C(=O)Nc2ccc(CC(N)=O)cc2)cc1. The Balaban J connectivity index is 1.61. The number of nitrogens with two attached hydrogens (primary N) is 1. The minimum Gasteiger partial charge on any atom is -0.497 e. The summed E-state index contributed by atoms with van der Waals surface area (Å²) in [6, 6.07) is 18.2. The first kappa shape index (κ1) is 24.3. The van der Waals surface area contributed by atoms with Crippen molar-refractivity contribution < 1.29 is 14.3 Å². The fourth-order valence-corrected chi connectivity index (χ4v) is 4.69. The van der Waals surface area contributed by atoms with E-state index in [9.17, 15) is 9.59 Å². The van der Waals surface area contributed by atoms with E-state index in [1.807, 2.05) is 43.4 Å². The minimum absolute atomic E-state index is 0.139. The van der Waals surface area contributed by atoms with Gasteiger partial charge in [-0.3, -0.25) is 9.59 Å². The van der Waals surface area contributed by atoms with Gasteiger partial charge in [0.05, 0.1) is 13.5 Å². The molecule has 0 aliphatic carbocycles. The quantitative estimate of drug-likeness (QED) is 0.351. The van der Waals surface area contributed by atoms with E-state index in [0.717, 1.165) is 16.2 Å². The summed E-state index contributed by atoms with van der Waals surface area (Å²) in [5, 5.41) is 12.1. The summed E-state index contributed by atoms with van der Waals surface area (Å²) in [7, 11) is 3.45. The van der Waals surface area contributed by atoms with Gasteiger partial charge >= 0.3 is 0 Å². The molecule has 35 heavy (non-hydrogen) atoms. The second-order valence-electron chi connectivity index (χ2n) is 7.39.